The number of piperidine rings is 1. The van der Waals surface area contributed by atoms with Crippen LogP contribution < -0.4 is 5.32 Å². The molecule has 0 spiro atoms. The first kappa shape index (κ1) is 15.8. The number of likely N-dealkylation sites (tertiary alicyclic amines) is 1. The van der Waals surface area contributed by atoms with E-state index in [0.717, 1.165) is 29.7 Å². The minimum absolute atomic E-state index is 0.0496. The van der Waals surface area contributed by atoms with Crippen molar-refractivity contribution < 1.29 is 14.6 Å². The fourth-order valence-electron chi connectivity index (χ4n) is 2.67. The van der Waals surface area contributed by atoms with Gasteiger partial charge in [-0.15, -0.1) is 0 Å². The molecule has 5 heteroatoms. The van der Waals surface area contributed by atoms with E-state index in [2.05, 4.69) is 5.32 Å². The van der Waals surface area contributed by atoms with Crippen LogP contribution in [0.15, 0.2) is 18.2 Å². The van der Waals surface area contributed by atoms with E-state index in [-0.39, 0.29) is 18.6 Å². The van der Waals surface area contributed by atoms with Crippen LogP contribution in [0.1, 0.15) is 28.8 Å². The lowest BCUT2D eigenvalue weighted by atomic mass is 10.0. The molecular formula is C16H24N2O3. The van der Waals surface area contributed by atoms with Crippen LogP contribution in [0.25, 0.3) is 0 Å². The summed E-state index contributed by atoms with van der Waals surface area (Å²) in [6, 6.07) is 5.87. The summed E-state index contributed by atoms with van der Waals surface area (Å²) in [7, 11) is 1.83. The first-order valence-electron chi connectivity index (χ1n) is 7.46. The summed E-state index contributed by atoms with van der Waals surface area (Å²) >= 11 is 0. The average Bonchev–Trinajstić information content (AvgIpc) is 2.52. The summed E-state index contributed by atoms with van der Waals surface area (Å²) in [6.45, 7) is 3.82. The molecule has 1 heterocycles. The Balaban J connectivity index is 2.00. The second-order valence-corrected chi connectivity index (χ2v) is 5.38. The molecule has 116 valence electrons. The van der Waals surface area contributed by atoms with E-state index in [9.17, 15) is 4.79 Å². The Morgan fingerprint density at radius 1 is 1.43 bits per heavy atom. The van der Waals surface area contributed by atoms with Crippen LogP contribution in [-0.2, 0) is 4.74 Å². The van der Waals surface area contributed by atoms with E-state index in [1.54, 1.807) is 0 Å². The average molecular weight is 292 g/mol. The van der Waals surface area contributed by atoms with Crippen LogP contribution in [-0.4, -0.2) is 55.4 Å². The van der Waals surface area contributed by atoms with Gasteiger partial charge in [-0.3, -0.25) is 4.79 Å². The van der Waals surface area contributed by atoms with Gasteiger partial charge in [-0.25, -0.2) is 0 Å². The van der Waals surface area contributed by atoms with Crippen molar-refractivity contribution in [3.05, 3.63) is 29.3 Å². The number of hydrogen-bond donors (Lipinski definition) is 2. The predicted octanol–water partition coefficient (Wildman–Crippen LogP) is 1.65. The molecule has 1 aliphatic heterocycles. The van der Waals surface area contributed by atoms with Crippen molar-refractivity contribution in [3.8, 4) is 0 Å². The standard InChI is InChI=1S/C16H24N2O3/c1-12-3-4-15(17-2)14(11-12)16(20)18-7-5-13(6-8-18)21-10-9-19/h3-4,11,13,17,19H,5-10H2,1-2H3. The molecule has 1 aliphatic rings. The topological polar surface area (TPSA) is 61.8 Å². The van der Waals surface area contributed by atoms with Gasteiger partial charge in [0.15, 0.2) is 0 Å². The SMILES string of the molecule is CNc1ccc(C)cc1C(=O)N1CCC(OCCO)CC1. The molecule has 0 aliphatic carbocycles. The van der Waals surface area contributed by atoms with Crippen LogP contribution in [0, 0.1) is 6.92 Å². The second-order valence-electron chi connectivity index (χ2n) is 5.38. The Morgan fingerprint density at radius 2 is 2.14 bits per heavy atom. The number of amides is 1. The van der Waals surface area contributed by atoms with Gasteiger partial charge in [0.1, 0.15) is 0 Å². The minimum atomic E-state index is 0.0496. The zero-order valence-electron chi connectivity index (χ0n) is 12.8. The molecule has 0 radical (unpaired) electrons. The number of ether oxygens (including phenoxy) is 1. The van der Waals surface area contributed by atoms with Crippen molar-refractivity contribution in [2.24, 2.45) is 0 Å². The van der Waals surface area contributed by atoms with E-state index in [4.69, 9.17) is 9.84 Å². The molecule has 1 amide bonds. The molecule has 1 aromatic rings. The first-order chi connectivity index (χ1) is 10.2. The maximum atomic E-state index is 12.7. The lowest BCUT2D eigenvalue weighted by molar-refractivity contribution is -0.00552. The number of aryl methyl sites for hydroxylation is 1. The Labute approximate surface area is 125 Å². The molecule has 1 saturated heterocycles. The summed E-state index contributed by atoms with van der Waals surface area (Å²) < 4.78 is 5.53. The molecule has 21 heavy (non-hydrogen) atoms. The monoisotopic (exact) mass is 292 g/mol. The minimum Gasteiger partial charge on any atom is -0.394 e. The highest BCUT2D eigenvalue weighted by molar-refractivity contribution is 5.99. The maximum Gasteiger partial charge on any atom is 0.255 e. The Morgan fingerprint density at radius 3 is 2.76 bits per heavy atom. The van der Waals surface area contributed by atoms with Gasteiger partial charge in [0.2, 0.25) is 0 Å². The molecule has 0 saturated carbocycles. The number of carbonyl (C=O) groups is 1. The molecule has 2 rings (SSSR count). The number of carbonyl (C=O) groups excluding carboxylic acids is 1. The van der Waals surface area contributed by atoms with Gasteiger partial charge in [-0.2, -0.15) is 0 Å². The molecule has 5 nitrogen and oxygen atoms in total. The fourth-order valence-corrected chi connectivity index (χ4v) is 2.67. The fraction of sp³-hybridized carbons (Fsp3) is 0.562. The van der Waals surface area contributed by atoms with Gasteiger partial charge >= 0.3 is 0 Å². The van der Waals surface area contributed by atoms with Gasteiger partial charge < -0.3 is 20.1 Å². The zero-order valence-corrected chi connectivity index (χ0v) is 12.8. The zero-order chi connectivity index (χ0) is 15.2. The number of aliphatic hydroxyl groups is 1. The van der Waals surface area contributed by atoms with Crippen molar-refractivity contribution in [1.82, 2.24) is 4.90 Å². The van der Waals surface area contributed by atoms with Crippen molar-refractivity contribution in [2.45, 2.75) is 25.9 Å². The van der Waals surface area contributed by atoms with E-state index in [0.29, 0.717) is 19.7 Å². The number of benzene rings is 1. The number of rotatable bonds is 5. The largest absolute Gasteiger partial charge is 0.394 e. The molecule has 0 bridgehead atoms. The van der Waals surface area contributed by atoms with Gasteiger partial charge in [0, 0.05) is 25.8 Å². The number of hydrogen-bond acceptors (Lipinski definition) is 4. The number of aliphatic hydroxyl groups excluding tert-OH is 1. The number of nitrogens with zero attached hydrogens (tertiary/aromatic N) is 1. The van der Waals surface area contributed by atoms with Gasteiger partial charge in [-0.1, -0.05) is 11.6 Å². The third kappa shape index (κ3) is 3.95. The smallest absolute Gasteiger partial charge is 0.255 e. The molecular weight excluding hydrogens is 268 g/mol. The summed E-state index contributed by atoms with van der Waals surface area (Å²) in [5.74, 6) is 0.0728. The normalized spacial score (nSPS) is 16.0. The van der Waals surface area contributed by atoms with Crippen LogP contribution in [0.5, 0.6) is 0 Å². The van der Waals surface area contributed by atoms with Crippen LogP contribution in [0.4, 0.5) is 5.69 Å². The molecule has 0 unspecified atom stereocenters. The van der Waals surface area contributed by atoms with Crippen molar-refractivity contribution in [3.63, 3.8) is 0 Å². The quantitative estimate of drug-likeness (QED) is 0.866. The Bertz CT molecular complexity index is 482. The highest BCUT2D eigenvalue weighted by atomic mass is 16.5. The van der Waals surface area contributed by atoms with Gasteiger partial charge in [0.05, 0.1) is 24.9 Å². The van der Waals surface area contributed by atoms with Crippen LogP contribution in [0.3, 0.4) is 0 Å². The van der Waals surface area contributed by atoms with Crippen molar-refractivity contribution >= 4 is 11.6 Å². The van der Waals surface area contributed by atoms with Crippen LogP contribution >= 0.6 is 0 Å². The molecule has 2 N–H and O–H groups in total. The van der Waals surface area contributed by atoms with Crippen molar-refractivity contribution in [2.75, 3.05) is 38.7 Å². The number of nitrogens with one attached hydrogen (secondary N) is 1. The Hall–Kier alpha value is -1.59. The Kier molecular flexibility index (Phi) is 5.59. The van der Waals surface area contributed by atoms with E-state index < -0.39 is 0 Å². The van der Waals surface area contributed by atoms with Gasteiger partial charge in [0.25, 0.3) is 5.91 Å². The number of anilines is 1. The summed E-state index contributed by atoms with van der Waals surface area (Å²) in [4.78, 5) is 14.5. The molecule has 0 aromatic heterocycles. The lowest BCUT2D eigenvalue weighted by Crippen LogP contribution is -2.41. The predicted molar refractivity (Wildman–Crippen MR) is 82.7 cm³/mol. The van der Waals surface area contributed by atoms with E-state index in [1.807, 2.05) is 37.1 Å². The van der Waals surface area contributed by atoms with Crippen molar-refractivity contribution in [1.29, 1.82) is 0 Å². The maximum absolute atomic E-state index is 12.7. The summed E-state index contributed by atoms with van der Waals surface area (Å²) in [5, 5.41) is 11.9. The molecule has 1 aromatic carbocycles. The molecule has 0 atom stereocenters. The summed E-state index contributed by atoms with van der Waals surface area (Å²) in [6.07, 6.45) is 1.81. The highest BCUT2D eigenvalue weighted by Gasteiger charge is 2.25. The molecule has 1 fully saturated rings. The second kappa shape index (κ2) is 7.43. The van der Waals surface area contributed by atoms with Gasteiger partial charge in [-0.05, 0) is 31.9 Å². The van der Waals surface area contributed by atoms with Crippen LogP contribution in [0.2, 0.25) is 0 Å². The highest BCUT2D eigenvalue weighted by Crippen LogP contribution is 2.22. The summed E-state index contributed by atoms with van der Waals surface area (Å²) in [5.41, 5.74) is 2.68. The first-order valence-corrected chi connectivity index (χ1v) is 7.46. The lowest BCUT2D eigenvalue weighted by Gasteiger charge is -2.32. The third-order valence-electron chi connectivity index (χ3n) is 3.85. The van der Waals surface area contributed by atoms with E-state index in [1.165, 1.54) is 0 Å². The van der Waals surface area contributed by atoms with E-state index >= 15 is 0 Å². The third-order valence-corrected chi connectivity index (χ3v) is 3.85.